The van der Waals surface area contributed by atoms with Gasteiger partial charge in [0.15, 0.2) is 0 Å². The Morgan fingerprint density at radius 3 is 2.50 bits per heavy atom. The molecular formula is C30H38Cl2N4O5S. The summed E-state index contributed by atoms with van der Waals surface area (Å²) in [4.78, 5) is 31.1. The number of sulfonamides is 1. The predicted molar refractivity (Wildman–Crippen MR) is 165 cm³/mol. The molecule has 9 nitrogen and oxygen atoms in total. The van der Waals surface area contributed by atoms with Gasteiger partial charge in [0.25, 0.3) is 0 Å². The lowest BCUT2D eigenvalue weighted by atomic mass is 10.1. The van der Waals surface area contributed by atoms with E-state index in [1.54, 1.807) is 17.0 Å². The maximum atomic E-state index is 13.3. The molecule has 2 aromatic carbocycles. The number of Topliss-reactive ketones (excluding diaryl/α,β-unsaturated/α-hetero) is 1. The standard InChI is InChI=1S/C30H38Cl2N4O5S/c1-30(2,3)41-29(38)35-19-17-34-28(35)22-11-9-21(10-12-22)15-16-33-20-24(37)6-5-18-36(23-13-14-23)42(39,40)26-8-4-7-25(31)27(26)32/h4,7-12,23,33H,5-6,13-20H2,1-3H3. The Bertz CT molecular complexity index is 1420. The number of amides is 1. The first kappa shape index (κ1) is 32.4. The van der Waals surface area contributed by atoms with Gasteiger partial charge in [0.1, 0.15) is 22.1 Å². The van der Waals surface area contributed by atoms with Gasteiger partial charge in [0, 0.05) is 24.6 Å². The van der Waals surface area contributed by atoms with E-state index in [0.29, 0.717) is 31.9 Å². The zero-order valence-corrected chi connectivity index (χ0v) is 26.6. The van der Waals surface area contributed by atoms with Gasteiger partial charge in [-0.3, -0.25) is 14.7 Å². The van der Waals surface area contributed by atoms with Crippen LogP contribution in [-0.4, -0.2) is 79.7 Å². The van der Waals surface area contributed by atoms with Crippen molar-refractivity contribution < 1.29 is 22.7 Å². The number of nitrogens with one attached hydrogen (secondary N) is 1. The Balaban J connectivity index is 1.19. The molecule has 2 aliphatic rings. The largest absolute Gasteiger partial charge is 0.443 e. The van der Waals surface area contributed by atoms with Crippen LogP contribution in [0.4, 0.5) is 4.79 Å². The van der Waals surface area contributed by atoms with Crippen LogP contribution < -0.4 is 5.32 Å². The van der Waals surface area contributed by atoms with Gasteiger partial charge >= 0.3 is 6.09 Å². The van der Waals surface area contributed by atoms with Crippen molar-refractivity contribution in [3.05, 3.63) is 63.6 Å². The molecule has 1 saturated carbocycles. The van der Waals surface area contributed by atoms with Crippen LogP contribution in [0.1, 0.15) is 57.6 Å². The first-order valence-corrected chi connectivity index (χ1v) is 16.4. The molecule has 42 heavy (non-hydrogen) atoms. The molecule has 1 N–H and O–H groups in total. The second-order valence-corrected chi connectivity index (χ2v) is 14.1. The topological polar surface area (TPSA) is 108 Å². The summed E-state index contributed by atoms with van der Waals surface area (Å²) in [5.74, 6) is 0.643. The normalized spacial score (nSPS) is 15.7. The quantitative estimate of drug-likeness (QED) is 0.298. The van der Waals surface area contributed by atoms with Gasteiger partial charge in [-0.25, -0.2) is 13.2 Å². The number of aliphatic imine (C=N–C) groups is 1. The van der Waals surface area contributed by atoms with Gasteiger partial charge in [0.2, 0.25) is 10.0 Å². The fraction of sp³-hybridized carbons (Fsp3) is 0.500. The van der Waals surface area contributed by atoms with Crippen LogP contribution in [0.25, 0.3) is 0 Å². The molecule has 0 spiro atoms. The molecule has 1 aliphatic heterocycles. The molecule has 0 atom stereocenters. The van der Waals surface area contributed by atoms with E-state index in [1.165, 1.54) is 10.4 Å². The van der Waals surface area contributed by atoms with E-state index in [2.05, 4.69) is 10.3 Å². The lowest BCUT2D eigenvalue weighted by Gasteiger charge is -2.25. The molecule has 12 heteroatoms. The minimum Gasteiger partial charge on any atom is -0.443 e. The third-order valence-electron chi connectivity index (χ3n) is 6.87. The minimum atomic E-state index is -3.81. The molecule has 4 rings (SSSR count). The second kappa shape index (κ2) is 13.9. The average Bonchev–Trinajstić information content (AvgIpc) is 3.63. The SMILES string of the molecule is CC(C)(C)OC(=O)N1CCN=C1c1ccc(CCNCC(=O)CCCN(C2CC2)S(=O)(=O)c2cccc(Cl)c2Cl)cc1. The summed E-state index contributed by atoms with van der Waals surface area (Å²) in [6.45, 7) is 7.64. The van der Waals surface area contributed by atoms with Crippen LogP contribution in [0.2, 0.25) is 10.0 Å². The average molecular weight is 638 g/mol. The van der Waals surface area contributed by atoms with Crippen LogP contribution in [0.3, 0.4) is 0 Å². The number of hydrogen-bond donors (Lipinski definition) is 1. The van der Waals surface area contributed by atoms with Crippen LogP contribution in [0.5, 0.6) is 0 Å². The summed E-state index contributed by atoms with van der Waals surface area (Å²) in [5, 5.41) is 3.40. The molecule has 0 saturated heterocycles. The van der Waals surface area contributed by atoms with Crippen LogP contribution in [0.15, 0.2) is 52.4 Å². The summed E-state index contributed by atoms with van der Waals surface area (Å²) in [6, 6.07) is 12.4. The van der Waals surface area contributed by atoms with E-state index in [4.69, 9.17) is 27.9 Å². The fourth-order valence-electron chi connectivity index (χ4n) is 4.66. The number of halogens is 2. The molecule has 1 heterocycles. The summed E-state index contributed by atoms with van der Waals surface area (Å²) in [5.41, 5.74) is 1.36. The van der Waals surface area contributed by atoms with Gasteiger partial charge in [-0.15, -0.1) is 0 Å². The van der Waals surface area contributed by atoms with Crippen molar-refractivity contribution in [2.75, 3.05) is 32.7 Å². The second-order valence-electron chi connectivity index (χ2n) is 11.5. The van der Waals surface area contributed by atoms with Crippen molar-refractivity contribution >= 4 is 50.9 Å². The summed E-state index contributed by atoms with van der Waals surface area (Å²) in [6.07, 6.45) is 2.63. The highest BCUT2D eigenvalue weighted by atomic mass is 35.5. The van der Waals surface area contributed by atoms with Crippen LogP contribution >= 0.6 is 23.2 Å². The van der Waals surface area contributed by atoms with Gasteiger partial charge in [-0.1, -0.05) is 53.5 Å². The highest BCUT2D eigenvalue weighted by Crippen LogP contribution is 2.36. The monoisotopic (exact) mass is 636 g/mol. The number of rotatable bonds is 13. The molecular weight excluding hydrogens is 599 g/mol. The molecule has 0 radical (unpaired) electrons. The molecule has 0 unspecified atom stereocenters. The number of hydrogen-bond acceptors (Lipinski definition) is 7. The van der Waals surface area contributed by atoms with E-state index < -0.39 is 21.7 Å². The smallest absolute Gasteiger partial charge is 0.416 e. The number of ether oxygens (including phenoxy) is 1. The van der Waals surface area contributed by atoms with Crippen molar-refractivity contribution in [1.82, 2.24) is 14.5 Å². The Morgan fingerprint density at radius 2 is 1.83 bits per heavy atom. The Hall–Kier alpha value is -2.50. The molecule has 228 valence electrons. The Kier molecular flexibility index (Phi) is 10.7. The zero-order chi connectivity index (χ0) is 30.5. The molecule has 0 aromatic heterocycles. The molecule has 1 amide bonds. The highest BCUT2D eigenvalue weighted by Gasteiger charge is 2.39. The van der Waals surface area contributed by atoms with E-state index in [-0.39, 0.29) is 46.3 Å². The third-order valence-corrected chi connectivity index (χ3v) is 9.80. The predicted octanol–water partition coefficient (Wildman–Crippen LogP) is 5.33. The summed E-state index contributed by atoms with van der Waals surface area (Å²) in [7, 11) is -3.81. The van der Waals surface area contributed by atoms with E-state index >= 15 is 0 Å². The number of nitrogens with zero attached hydrogens (tertiary/aromatic N) is 3. The third kappa shape index (κ3) is 8.54. The van der Waals surface area contributed by atoms with Gasteiger partial charge in [-0.2, -0.15) is 4.31 Å². The molecule has 1 fully saturated rings. The van der Waals surface area contributed by atoms with Crippen molar-refractivity contribution in [2.45, 2.75) is 69.4 Å². The number of benzene rings is 2. The fourth-order valence-corrected chi connectivity index (χ4v) is 7.12. The number of carbonyl (C=O) groups is 2. The molecule has 1 aliphatic carbocycles. The Labute approximate surface area is 258 Å². The lowest BCUT2D eigenvalue weighted by molar-refractivity contribution is -0.118. The molecule has 0 bridgehead atoms. The maximum absolute atomic E-state index is 13.3. The number of amidine groups is 1. The lowest BCUT2D eigenvalue weighted by Crippen LogP contribution is -2.39. The minimum absolute atomic E-state index is 0.00110. The van der Waals surface area contributed by atoms with Crippen molar-refractivity contribution in [1.29, 1.82) is 0 Å². The van der Waals surface area contributed by atoms with E-state index in [9.17, 15) is 18.0 Å². The van der Waals surface area contributed by atoms with Crippen LogP contribution in [0, 0.1) is 0 Å². The Morgan fingerprint density at radius 1 is 1.12 bits per heavy atom. The van der Waals surface area contributed by atoms with E-state index in [1.807, 2.05) is 45.0 Å². The van der Waals surface area contributed by atoms with Gasteiger partial charge < -0.3 is 10.1 Å². The number of carbonyl (C=O) groups excluding carboxylic acids is 2. The van der Waals surface area contributed by atoms with E-state index in [0.717, 1.165) is 30.4 Å². The summed E-state index contributed by atoms with van der Waals surface area (Å²) < 4.78 is 33.5. The van der Waals surface area contributed by atoms with Crippen LogP contribution in [-0.2, 0) is 26.0 Å². The highest BCUT2D eigenvalue weighted by molar-refractivity contribution is 7.89. The first-order valence-electron chi connectivity index (χ1n) is 14.2. The van der Waals surface area contributed by atoms with Crippen molar-refractivity contribution in [2.24, 2.45) is 4.99 Å². The van der Waals surface area contributed by atoms with Gasteiger partial charge in [0.05, 0.1) is 29.7 Å². The zero-order valence-electron chi connectivity index (χ0n) is 24.2. The first-order chi connectivity index (χ1) is 19.9. The van der Waals surface area contributed by atoms with Crippen molar-refractivity contribution in [3.63, 3.8) is 0 Å². The van der Waals surface area contributed by atoms with Gasteiger partial charge in [-0.05, 0) is 70.7 Å². The molecule has 2 aromatic rings. The number of ketones is 1. The summed E-state index contributed by atoms with van der Waals surface area (Å²) >= 11 is 12.2. The van der Waals surface area contributed by atoms with Crippen molar-refractivity contribution in [3.8, 4) is 0 Å². The maximum Gasteiger partial charge on any atom is 0.416 e.